The number of anilines is 2. The summed E-state index contributed by atoms with van der Waals surface area (Å²) in [4.78, 5) is 23.6. The molecule has 0 spiro atoms. The number of nitrogens with one attached hydrogen (secondary N) is 1. The zero-order valence-corrected chi connectivity index (χ0v) is 16.8. The van der Waals surface area contributed by atoms with Gasteiger partial charge in [0.15, 0.2) is 6.61 Å². The number of aliphatic hydroxyl groups excluding tert-OH is 1. The fourth-order valence-electron chi connectivity index (χ4n) is 2.28. The molecule has 150 valence electrons. The zero-order valence-electron chi connectivity index (χ0n) is 15.3. The van der Waals surface area contributed by atoms with Crippen LogP contribution in [0.25, 0.3) is 0 Å². The fourth-order valence-corrected chi connectivity index (χ4v) is 2.77. The minimum Gasteiger partial charge on any atom is -0.463 e. The van der Waals surface area contributed by atoms with Gasteiger partial charge < -0.3 is 19.9 Å². The number of hydrogen-bond donors (Lipinski definition) is 2. The van der Waals surface area contributed by atoms with Gasteiger partial charge in [-0.15, -0.1) is 0 Å². The van der Waals surface area contributed by atoms with Crippen molar-refractivity contribution >= 4 is 46.5 Å². The van der Waals surface area contributed by atoms with Crippen molar-refractivity contribution in [1.82, 2.24) is 0 Å². The van der Waals surface area contributed by atoms with E-state index in [1.54, 1.807) is 49.4 Å². The first-order valence-corrected chi connectivity index (χ1v) is 9.40. The van der Waals surface area contributed by atoms with Gasteiger partial charge in [0.05, 0.1) is 34.9 Å². The van der Waals surface area contributed by atoms with Crippen LogP contribution in [-0.4, -0.2) is 36.4 Å². The van der Waals surface area contributed by atoms with E-state index in [0.717, 1.165) is 0 Å². The third-order valence-corrected chi connectivity index (χ3v) is 4.35. The summed E-state index contributed by atoms with van der Waals surface area (Å²) in [6, 6.07) is 12.3. The molecule has 28 heavy (non-hydrogen) atoms. The number of esters is 2. The Morgan fingerprint density at radius 3 is 2.39 bits per heavy atom. The van der Waals surface area contributed by atoms with Crippen molar-refractivity contribution in [2.45, 2.75) is 25.9 Å². The largest absolute Gasteiger partial charge is 0.463 e. The number of aliphatic hydroxyl groups is 1. The molecule has 0 saturated heterocycles. The lowest BCUT2D eigenvalue weighted by Crippen LogP contribution is -2.19. The summed E-state index contributed by atoms with van der Waals surface area (Å²) in [5.74, 6) is -1.24. The molecule has 0 radical (unpaired) electrons. The van der Waals surface area contributed by atoms with Crippen molar-refractivity contribution < 1.29 is 24.2 Å². The Balaban J connectivity index is 1.94. The van der Waals surface area contributed by atoms with Gasteiger partial charge in [-0.3, -0.25) is 4.79 Å². The summed E-state index contributed by atoms with van der Waals surface area (Å²) in [6.07, 6.45) is -0.291. The third-order valence-electron chi connectivity index (χ3n) is 3.72. The maximum atomic E-state index is 12.1. The van der Waals surface area contributed by atoms with Crippen LogP contribution in [0.15, 0.2) is 42.5 Å². The second-order valence-corrected chi connectivity index (χ2v) is 6.89. The number of hydrogen-bond acceptors (Lipinski definition) is 6. The highest BCUT2D eigenvalue weighted by Crippen LogP contribution is 2.33. The molecule has 0 bridgehead atoms. The fraction of sp³-hybridized carbons (Fsp3) is 0.300. The van der Waals surface area contributed by atoms with Crippen LogP contribution in [0.2, 0.25) is 10.0 Å². The standard InChI is InChI=1S/C20H21Cl2NO5/c1-13(24)9-10-27-19(26)12-28-18(25)11-14-5-2-3-8-17(14)23-20-15(21)6-4-7-16(20)22/h2-8,13,23-24H,9-12H2,1H3. The van der Waals surface area contributed by atoms with E-state index in [-0.39, 0.29) is 13.0 Å². The van der Waals surface area contributed by atoms with Crippen molar-refractivity contribution in [3.05, 3.63) is 58.1 Å². The summed E-state index contributed by atoms with van der Waals surface area (Å²) >= 11 is 12.4. The van der Waals surface area contributed by atoms with E-state index in [9.17, 15) is 9.59 Å². The molecular weight excluding hydrogens is 405 g/mol. The van der Waals surface area contributed by atoms with E-state index >= 15 is 0 Å². The number of carbonyl (C=O) groups is 2. The summed E-state index contributed by atoms with van der Waals surface area (Å²) in [5, 5.41) is 13.1. The summed E-state index contributed by atoms with van der Waals surface area (Å²) in [5.41, 5.74) is 1.84. The molecule has 2 rings (SSSR count). The van der Waals surface area contributed by atoms with E-state index in [1.165, 1.54) is 0 Å². The van der Waals surface area contributed by atoms with Crippen molar-refractivity contribution in [2.24, 2.45) is 0 Å². The Labute approximate surface area is 173 Å². The van der Waals surface area contributed by atoms with Gasteiger partial charge in [-0.2, -0.15) is 0 Å². The number of carbonyl (C=O) groups excluding carboxylic acids is 2. The Kier molecular flexibility index (Phi) is 8.57. The molecule has 1 atom stereocenters. The average molecular weight is 426 g/mol. The number of ether oxygens (including phenoxy) is 2. The minimum atomic E-state index is -0.664. The number of benzene rings is 2. The zero-order chi connectivity index (χ0) is 20.5. The van der Waals surface area contributed by atoms with Crippen LogP contribution in [0.1, 0.15) is 18.9 Å². The Hall–Kier alpha value is -2.28. The molecule has 0 saturated carbocycles. The maximum absolute atomic E-state index is 12.1. The van der Waals surface area contributed by atoms with Crippen LogP contribution in [0.3, 0.4) is 0 Å². The van der Waals surface area contributed by atoms with Crippen LogP contribution in [0, 0.1) is 0 Å². The first kappa shape index (κ1) is 22.0. The second-order valence-electron chi connectivity index (χ2n) is 6.07. The molecule has 8 heteroatoms. The summed E-state index contributed by atoms with van der Waals surface area (Å²) in [7, 11) is 0. The van der Waals surface area contributed by atoms with Crippen molar-refractivity contribution in [1.29, 1.82) is 0 Å². The molecule has 0 fully saturated rings. The molecule has 1 unspecified atom stereocenters. The van der Waals surface area contributed by atoms with Gasteiger partial charge in [0.25, 0.3) is 0 Å². The number of halogens is 2. The van der Waals surface area contributed by atoms with Gasteiger partial charge in [-0.05, 0) is 30.7 Å². The molecule has 0 aromatic heterocycles. The van der Waals surface area contributed by atoms with E-state index in [4.69, 9.17) is 37.8 Å². The van der Waals surface area contributed by atoms with Gasteiger partial charge >= 0.3 is 11.9 Å². The normalized spacial score (nSPS) is 11.6. The van der Waals surface area contributed by atoms with Gasteiger partial charge in [0.2, 0.25) is 0 Å². The first-order valence-electron chi connectivity index (χ1n) is 8.65. The van der Waals surface area contributed by atoms with Crippen LogP contribution >= 0.6 is 23.2 Å². The highest BCUT2D eigenvalue weighted by atomic mass is 35.5. The summed E-state index contributed by atoms with van der Waals surface area (Å²) < 4.78 is 9.83. The van der Waals surface area contributed by atoms with E-state index in [1.807, 2.05) is 0 Å². The Bertz CT molecular complexity index is 806. The van der Waals surface area contributed by atoms with Crippen molar-refractivity contribution in [2.75, 3.05) is 18.5 Å². The molecule has 0 amide bonds. The highest BCUT2D eigenvalue weighted by Gasteiger charge is 2.14. The molecule has 6 nitrogen and oxygen atoms in total. The maximum Gasteiger partial charge on any atom is 0.344 e. The number of rotatable bonds is 9. The molecule has 0 aliphatic rings. The predicted octanol–water partition coefficient (Wildman–Crippen LogP) is 4.14. The SMILES string of the molecule is CC(O)CCOC(=O)COC(=O)Cc1ccccc1Nc1c(Cl)cccc1Cl. The second kappa shape index (κ2) is 10.9. The monoisotopic (exact) mass is 425 g/mol. The van der Waals surface area contributed by atoms with Crippen LogP contribution in [0.4, 0.5) is 11.4 Å². The smallest absolute Gasteiger partial charge is 0.344 e. The lowest BCUT2D eigenvalue weighted by atomic mass is 10.1. The lowest BCUT2D eigenvalue weighted by Gasteiger charge is -2.14. The lowest BCUT2D eigenvalue weighted by molar-refractivity contribution is -0.158. The van der Waals surface area contributed by atoms with E-state index in [0.29, 0.717) is 33.4 Å². The first-order chi connectivity index (χ1) is 13.4. The Morgan fingerprint density at radius 1 is 1.04 bits per heavy atom. The van der Waals surface area contributed by atoms with Crippen molar-refractivity contribution in [3.63, 3.8) is 0 Å². The van der Waals surface area contributed by atoms with Gasteiger partial charge in [-0.1, -0.05) is 47.5 Å². The van der Waals surface area contributed by atoms with E-state index in [2.05, 4.69) is 5.32 Å². The van der Waals surface area contributed by atoms with Gasteiger partial charge in [0.1, 0.15) is 0 Å². The van der Waals surface area contributed by atoms with E-state index < -0.39 is 24.6 Å². The highest BCUT2D eigenvalue weighted by molar-refractivity contribution is 6.39. The topological polar surface area (TPSA) is 84.9 Å². The van der Waals surface area contributed by atoms with Gasteiger partial charge in [0, 0.05) is 12.1 Å². The number of para-hydroxylation sites is 2. The third kappa shape index (κ3) is 7.03. The molecule has 2 aromatic carbocycles. The molecule has 0 heterocycles. The summed E-state index contributed by atoms with van der Waals surface area (Å²) in [6.45, 7) is 1.18. The van der Waals surface area contributed by atoms with Gasteiger partial charge in [-0.25, -0.2) is 4.79 Å². The molecule has 0 aliphatic heterocycles. The molecule has 0 aliphatic carbocycles. The Morgan fingerprint density at radius 2 is 1.71 bits per heavy atom. The molecule has 2 aromatic rings. The molecular formula is C20H21Cl2NO5. The van der Waals surface area contributed by atoms with Crippen LogP contribution in [0.5, 0.6) is 0 Å². The van der Waals surface area contributed by atoms with Crippen molar-refractivity contribution in [3.8, 4) is 0 Å². The average Bonchev–Trinajstić information content (AvgIpc) is 2.64. The minimum absolute atomic E-state index is 0.0494. The quantitative estimate of drug-likeness (QED) is 0.587. The van der Waals surface area contributed by atoms with Crippen LogP contribution in [-0.2, 0) is 25.5 Å². The van der Waals surface area contributed by atoms with Crippen LogP contribution < -0.4 is 5.32 Å². The predicted molar refractivity (Wildman–Crippen MR) is 108 cm³/mol. The molecule has 2 N–H and O–H groups in total.